The number of carbonyl (C=O) groups excluding carboxylic acids is 3. The van der Waals surface area contributed by atoms with Crippen LogP contribution in [0.4, 0.5) is 10.5 Å². The van der Waals surface area contributed by atoms with Crippen LogP contribution in [0.5, 0.6) is 0 Å². The fourth-order valence-electron chi connectivity index (χ4n) is 2.79. The molecule has 8 nitrogen and oxygen atoms in total. The molecule has 1 aliphatic heterocycles. The molecule has 1 heterocycles. The number of para-hydroxylation sites is 1. The fourth-order valence-corrected chi connectivity index (χ4v) is 2.79. The number of rotatable bonds is 7. The van der Waals surface area contributed by atoms with Crippen LogP contribution in [0.25, 0.3) is 0 Å². The van der Waals surface area contributed by atoms with Crippen LogP contribution in [-0.2, 0) is 19.1 Å². The maximum Gasteiger partial charge on any atom is 0.321 e. The number of likely N-dealkylation sites (tertiary alicyclic amines) is 1. The van der Waals surface area contributed by atoms with Gasteiger partial charge in [-0.3, -0.25) is 9.59 Å². The number of ether oxygens (including phenoxy) is 2. The van der Waals surface area contributed by atoms with Gasteiger partial charge < -0.3 is 25.0 Å². The molecule has 0 spiro atoms. The molecule has 1 saturated heterocycles. The Bertz CT molecular complexity index is 629. The molecule has 1 fully saturated rings. The second kappa shape index (κ2) is 10.5. The van der Waals surface area contributed by atoms with Gasteiger partial charge in [-0.1, -0.05) is 18.2 Å². The largest absolute Gasteiger partial charge is 0.452 e. The number of nitrogens with one attached hydrogen (secondary N) is 2. The molecule has 0 unspecified atom stereocenters. The number of urea groups is 1. The average molecular weight is 377 g/mol. The highest BCUT2D eigenvalue weighted by molar-refractivity contribution is 5.89. The quantitative estimate of drug-likeness (QED) is 0.556. The summed E-state index contributed by atoms with van der Waals surface area (Å²) in [6, 6.07) is 9.04. The van der Waals surface area contributed by atoms with E-state index in [0.717, 1.165) is 5.69 Å². The van der Waals surface area contributed by atoms with Crippen molar-refractivity contribution in [3.8, 4) is 0 Å². The number of hydrogen-bond donors (Lipinski definition) is 2. The van der Waals surface area contributed by atoms with Crippen LogP contribution in [0.3, 0.4) is 0 Å². The van der Waals surface area contributed by atoms with E-state index in [1.165, 1.54) is 0 Å². The molecule has 0 aliphatic carbocycles. The van der Waals surface area contributed by atoms with Gasteiger partial charge >= 0.3 is 12.0 Å². The first-order valence-electron chi connectivity index (χ1n) is 9.09. The Hall–Kier alpha value is -2.61. The van der Waals surface area contributed by atoms with Gasteiger partial charge in [-0.2, -0.15) is 0 Å². The van der Waals surface area contributed by atoms with E-state index in [1.807, 2.05) is 30.3 Å². The smallest absolute Gasteiger partial charge is 0.321 e. The third-order valence-corrected chi connectivity index (χ3v) is 4.41. The molecule has 0 saturated carbocycles. The maximum atomic E-state index is 12.3. The van der Waals surface area contributed by atoms with Crippen molar-refractivity contribution in [2.45, 2.75) is 25.9 Å². The van der Waals surface area contributed by atoms with Crippen LogP contribution >= 0.6 is 0 Å². The molecule has 3 amide bonds. The molecule has 1 aliphatic rings. The van der Waals surface area contributed by atoms with Gasteiger partial charge in [-0.05, 0) is 31.9 Å². The molecule has 1 atom stereocenters. The molecule has 2 rings (SSSR count). The zero-order valence-corrected chi connectivity index (χ0v) is 15.8. The standard InChI is InChI=1S/C19H27N3O5/c1-14(17(23)20-10-13-26-2)27-18(24)15-8-11-22(12-9-15)19(25)21-16-6-4-3-5-7-16/h3-7,14-15H,8-13H2,1-2H3,(H,20,23)(H,21,25)/t14-/m1/s1. The molecule has 148 valence electrons. The van der Waals surface area contributed by atoms with Crippen LogP contribution in [0.15, 0.2) is 30.3 Å². The van der Waals surface area contributed by atoms with Gasteiger partial charge in [0, 0.05) is 32.4 Å². The molecule has 1 aromatic carbocycles. The lowest BCUT2D eigenvalue weighted by molar-refractivity contribution is -0.160. The van der Waals surface area contributed by atoms with Crippen LogP contribution < -0.4 is 10.6 Å². The van der Waals surface area contributed by atoms with E-state index in [9.17, 15) is 14.4 Å². The summed E-state index contributed by atoms with van der Waals surface area (Å²) in [7, 11) is 1.54. The fraction of sp³-hybridized carbons (Fsp3) is 0.526. The van der Waals surface area contributed by atoms with Crippen LogP contribution in [0.1, 0.15) is 19.8 Å². The summed E-state index contributed by atoms with van der Waals surface area (Å²) in [4.78, 5) is 38.1. The van der Waals surface area contributed by atoms with Gasteiger partial charge in [-0.25, -0.2) is 4.79 Å². The maximum absolute atomic E-state index is 12.3. The number of esters is 1. The summed E-state index contributed by atoms with van der Waals surface area (Å²) in [6.07, 6.45) is 0.173. The SMILES string of the molecule is COCCNC(=O)[C@@H](C)OC(=O)C1CCN(C(=O)Nc2ccccc2)CC1. The number of carbonyl (C=O) groups is 3. The zero-order chi connectivity index (χ0) is 19.6. The van der Waals surface area contributed by atoms with Crippen LogP contribution in [-0.4, -0.2) is 62.3 Å². The molecular formula is C19H27N3O5. The number of piperidine rings is 1. The Morgan fingerprint density at radius 3 is 2.48 bits per heavy atom. The van der Waals surface area contributed by atoms with Crippen molar-refractivity contribution in [1.29, 1.82) is 0 Å². The zero-order valence-electron chi connectivity index (χ0n) is 15.8. The summed E-state index contributed by atoms with van der Waals surface area (Å²) in [5, 5.41) is 5.47. The van der Waals surface area contributed by atoms with E-state index < -0.39 is 12.1 Å². The summed E-state index contributed by atoms with van der Waals surface area (Å²) in [6.45, 7) is 3.24. The third-order valence-electron chi connectivity index (χ3n) is 4.41. The van der Waals surface area contributed by atoms with Crippen molar-refractivity contribution in [2.75, 3.05) is 38.7 Å². The first-order valence-corrected chi connectivity index (χ1v) is 9.09. The van der Waals surface area contributed by atoms with Crippen LogP contribution in [0.2, 0.25) is 0 Å². The highest BCUT2D eigenvalue weighted by Gasteiger charge is 2.30. The normalized spacial score (nSPS) is 15.7. The predicted molar refractivity (Wildman–Crippen MR) is 100 cm³/mol. The predicted octanol–water partition coefficient (Wildman–Crippen LogP) is 1.62. The van der Waals surface area contributed by atoms with Crippen molar-refractivity contribution >= 4 is 23.6 Å². The van der Waals surface area contributed by atoms with Gasteiger partial charge in [0.05, 0.1) is 12.5 Å². The number of hydrogen-bond acceptors (Lipinski definition) is 5. The minimum atomic E-state index is -0.853. The average Bonchev–Trinajstić information content (AvgIpc) is 2.68. The second-order valence-electron chi connectivity index (χ2n) is 6.42. The lowest BCUT2D eigenvalue weighted by Crippen LogP contribution is -2.44. The number of amides is 3. The van der Waals surface area contributed by atoms with E-state index >= 15 is 0 Å². The van der Waals surface area contributed by atoms with E-state index in [4.69, 9.17) is 9.47 Å². The Balaban J connectivity index is 1.73. The van der Waals surface area contributed by atoms with Crippen LogP contribution in [0, 0.1) is 5.92 Å². The number of anilines is 1. The van der Waals surface area contributed by atoms with Gasteiger partial charge in [-0.15, -0.1) is 0 Å². The molecule has 27 heavy (non-hydrogen) atoms. The topological polar surface area (TPSA) is 97.0 Å². The first kappa shape index (κ1) is 20.7. The summed E-state index contributed by atoms with van der Waals surface area (Å²) < 4.78 is 10.1. The molecule has 8 heteroatoms. The van der Waals surface area contributed by atoms with Crippen molar-refractivity contribution in [3.05, 3.63) is 30.3 Å². The molecule has 0 aromatic heterocycles. The lowest BCUT2D eigenvalue weighted by atomic mass is 9.97. The summed E-state index contributed by atoms with van der Waals surface area (Å²) in [5.41, 5.74) is 0.734. The Morgan fingerprint density at radius 1 is 1.19 bits per heavy atom. The molecular weight excluding hydrogens is 350 g/mol. The van der Waals surface area contributed by atoms with Gasteiger partial charge in [0.1, 0.15) is 0 Å². The highest BCUT2D eigenvalue weighted by atomic mass is 16.5. The minimum Gasteiger partial charge on any atom is -0.452 e. The molecule has 2 N–H and O–H groups in total. The molecule has 0 radical (unpaired) electrons. The Labute approximate surface area is 159 Å². The van der Waals surface area contributed by atoms with E-state index in [2.05, 4.69) is 10.6 Å². The Kier molecular flexibility index (Phi) is 8.06. The van der Waals surface area contributed by atoms with Gasteiger partial charge in [0.2, 0.25) is 0 Å². The summed E-state index contributed by atoms with van der Waals surface area (Å²) in [5.74, 6) is -1.05. The second-order valence-corrected chi connectivity index (χ2v) is 6.42. The van der Waals surface area contributed by atoms with E-state index in [1.54, 1.807) is 18.9 Å². The first-order chi connectivity index (χ1) is 13.0. The minimum absolute atomic E-state index is 0.182. The number of nitrogens with zero attached hydrogens (tertiary/aromatic N) is 1. The van der Waals surface area contributed by atoms with E-state index in [0.29, 0.717) is 39.1 Å². The monoisotopic (exact) mass is 377 g/mol. The highest BCUT2D eigenvalue weighted by Crippen LogP contribution is 2.20. The van der Waals surface area contributed by atoms with Crippen molar-refractivity contribution in [2.24, 2.45) is 5.92 Å². The van der Waals surface area contributed by atoms with Crippen molar-refractivity contribution in [1.82, 2.24) is 10.2 Å². The van der Waals surface area contributed by atoms with Gasteiger partial charge in [0.25, 0.3) is 5.91 Å². The Morgan fingerprint density at radius 2 is 1.85 bits per heavy atom. The van der Waals surface area contributed by atoms with Gasteiger partial charge in [0.15, 0.2) is 6.10 Å². The lowest BCUT2D eigenvalue weighted by Gasteiger charge is -2.31. The molecule has 0 bridgehead atoms. The van der Waals surface area contributed by atoms with Crippen molar-refractivity contribution < 1.29 is 23.9 Å². The third kappa shape index (κ3) is 6.56. The van der Waals surface area contributed by atoms with E-state index in [-0.39, 0.29) is 17.9 Å². The molecule has 1 aromatic rings. The summed E-state index contributed by atoms with van der Waals surface area (Å²) >= 11 is 0. The van der Waals surface area contributed by atoms with Crippen molar-refractivity contribution in [3.63, 3.8) is 0 Å². The number of methoxy groups -OCH3 is 1. The number of benzene rings is 1.